The Morgan fingerprint density at radius 2 is 1.65 bits per heavy atom. The highest BCUT2D eigenvalue weighted by atomic mass is 19.1. The summed E-state index contributed by atoms with van der Waals surface area (Å²) < 4.78 is 26.7. The molecule has 2 aromatic rings. The minimum absolute atomic E-state index is 0.342. The van der Waals surface area contributed by atoms with Gasteiger partial charge in [-0.05, 0) is 17.7 Å². The third-order valence-corrected chi connectivity index (χ3v) is 4.28. The molecule has 26 heavy (non-hydrogen) atoms. The average molecular weight is 359 g/mol. The number of nitrogens with one attached hydrogen (secondary N) is 1. The normalized spacial score (nSPS) is 14.9. The number of halogens is 2. The zero-order chi connectivity index (χ0) is 18.5. The Morgan fingerprint density at radius 3 is 2.35 bits per heavy atom. The summed E-state index contributed by atoms with van der Waals surface area (Å²) in [6.45, 7) is 2.88. The largest absolute Gasteiger partial charge is 0.332 e. The van der Waals surface area contributed by atoms with Crippen molar-refractivity contribution in [2.24, 2.45) is 0 Å². The van der Waals surface area contributed by atoms with E-state index in [0.29, 0.717) is 26.2 Å². The molecule has 0 aliphatic carbocycles. The third kappa shape index (κ3) is 4.43. The summed E-state index contributed by atoms with van der Waals surface area (Å²) in [7, 11) is 0. The maximum Gasteiger partial charge on any atom is 0.313 e. The molecule has 2 aromatic carbocycles. The van der Waals surface area contributed by atoms with Crippen LogP contribution in [0.4, 0.5) is 14.5 Å². The second-order valence-electron chi connectivity index (χ2n) is 6.13. The fraction of sp³-hybridized carbons (Fsp3) is 0.263. The highest BCUT2D eigenvalue weighted by Gasteiger charge is 2.26. The number of nitrogens with zero attached hydrogens (tertiary/aromatic N) is 2. The van der Waals surface area contributed by atoms with Gasteiger partial charge >= 0.3 is 11.8 Å². The van der Waals surface area contributed by atoms with Crippen LogP contribution in [0.5, 0.6) is 0 Å². The minimum atomic E-state index is -0.967. The van der Waals surface area contributed by atoms with Crippen molar-refractivity contribution in [1.82, 2.24) is 9.80 Å². The molecular weight excluding hydrogens is 340 g/mol. The van der Waals surface area contributed by atoms with Gasteiger partial charge < -0.3 is 10.2 Å². The van der Waals surface area contributed by atoms with Crippen molar-refractivity contribution >= 4 is 17.5 Å². The van der Waals surface area contributed by atoms with Gasteiger partial charge in [0.15, 0.2) is 0 Å². The predicted molar refractivity (Wildman–Crippen MR) is 93.3 cm³/mol. The molecule has 3 rings (SSSR count). The van der Waals surface area contributed by atoms with E-state index in [-0.39, 0.29) is 5.69 Å². The van der Waals surface area contributed by atoms with Crippen LogP contribution < -0.4 is 5.32 Å². The first-order chi connectivity index (χ1) is 12.5. The van der Waals surface area contributed by atoms with Crippen molar-refractivity contribution in [3.63, 3.8) is 0 Å². The van der Waals surface area contributed by atoms with Crippen molar-refractivity contribution in [3.8, 4) is 0 Å². The first-order valence-electron chi connectivity index (χ1n) is 8.34. The summed E-state index contributed by atoms with van der Waals surface area (Å²) in [5, 5.41) is 2.14. The number of anilines is 1. The van der Waals surface area contributed by atoms with Gasteiger partial charge in [0, 0.05) is 38.8 Å². The lowest BCUT2D eigenvalue weighted by atomic mass is 10.2. The average Bonchev–Trinajstić information content (AvgIpc) is 2.65. The van der Waals surface area contributed by atoms with E-state index in [4.69, 9.17) is 0 Å². The second-order valence-corrected chi connectivity index (χ2v) is 6.13. The van der Waals surface area contributed by atoms with Gasteiger partial charge in [0.05, 0.1) is 5.69 Å². The van der Waals surface area contributed by atoms with Crippen LogP contribution in [0.2, 0.25) is 0 Å². The lowest BCUT2D eigenvalue weighted by Crippen LogP contribution is -2.51. The van der Waals surface area contributed by atoms with Gasteiger partial charge in [0.1, 0.15) is 11.6 Å². The number of rotatable bonds is 3. The quantitative estimate of drug-likeness (QED) is 0.856. The summed E-state index contributed by atoms with van der Waals surface area (Å²) in [5.74, 6) is -3.19. The summed E-state index contributed by atoms with van der Waals surface area (Å²) in [5.41, 5.74) is 0.845. The first-order valence-corrected chi connectivity index (χ1v) is 8.34. The van der Waals surface area contributed by atoms with Crippen LogP contribution in [0.1, 0.15) is 5.56 Å². The molecule has 0 aromatic heterocycles. The monoisotopic (exact) mass is 359 g/mol. The third-order valence-electron chi connectivity index (χ3n) is 4.28. The van der Waals surface area contributed by atoms with E-state index in [1.807, 2.05) is 30.3 Å². The Kier molecular flexibility index (Phi) is 5.58. The van der Waals surface area contributed by atoms with E-state index in [9.17, 15) is 18.4 Å². The first kappa shape index (κ1) is 18.0. The van der Waals surface area contributed by atoms with E-state index >= 15 is 0 Å². The fourth-order valence-electron chi connectivity index (χ4n) is 2.86. The molecular formula is C19H19F2N3O2. The molecule has 0 radical (unpaired) electrons. The highest BCUT2D eigenvalue weighted by Crippen LogP contribution is 2.16. The number of hydrogen-bond donors (Lipinski definition) is 1. The molecule has 0 spiro atoms. The van der Waals surface area contributed by atoms with Crippen LogP contribution in [-0.4, -0.2) is 47.8 Å². The molecule has 2 amide bonds. The molecule has 7 heteroatoms. The van der Waals surface area contributed by atoms with Crippen molar-refractivity contribution in [1.29, 1.82) is 0 Å². The van der Waals surface area contributed by atoms with Crippen molar-refractivity contribution < 1.29 is 18.4 Å². The lowest BCUT2D eigenvalue weighted by molar-refractivity contribution is -0.144. The molecule has 0 atom stereocenters. The second kappa shape index (κ2) is 8.05. The summed E-state index contributed by atoms with van der Waals surface area (Å²) in [4.78, 5) is 27.9. The van der Waals surface area contributed by atoms with E-state index in [0.717, 1.165) is 24.7 Å². The van der Waals surface area contributed by atoms with Crippen LogP contribution in [-0.2, 0) is 16.1 Å². The number of hydrogen-bond acceptors (Lipinski definition) is 3. The fourth-order valence-corrected chi connectivity index (χ4v) is 2.86. The summed E-state index contributed by atoms with van der Waals surface area (Å²) in [6, 6.07) is 12.7. The standard InChI is InChI=1S/C19H19F2N3O2/c20-15-6-7-16(21)17(12-15)22-18(25)19(26)24-10-8-23(9-11-24)13-14-4-2-1-3-5-14/h1-7,12H,8-11,13H2,(H,22,25). The summed E-state index contributed by atoms with van der Waals surface area (Å²) in [6.07, 6.45) is 0. The Hall–Kier alpha value is -2.80. The molecule has 1 heterocycles. The van der Waals surface area contributed by atoms with Gasteiger partial charge in [-0.3, -0.25) is 14.5 Å². The van der Waals surface area contributed by atoms with E-state index in [1.54, 1.807) is 0 Å². The van der Waals surface area contributed by atoms with Gasteiger partial charge in [-0.2, -0.15) is 0 Å². The molecule has 1 saturated heterocycles. The summed E-state index contributed by atoms with van der Waals surface area (Å²) >= 11 is 0. The van der Waals surface area contributed by atoms with Crippen molar-refractivity contribution in [2.45, 2.75) is 6.54 Å². The number of carbonyl (C=O) groups excluding carboxylic acids is 2. The topological polar surface area (TPSA) is 52.7 Å². The van der Waals surface area contributed by atoms with Gasteiger partial charge in [0.25, 0.3) is 0 Å². The van der Waals surface area contributed by atoms with E-state index in [1.165, 1.54) is 10.5 Å². The highest BCUT2D eigenvalue weighted by molar-refractivity contribution is 6.39. The number of amides is 2. The zero-order valence-corrected chi connectivity index (χ0v) is 14.1. The molecule has 0 bridgehead atoms. The van der Waals surface area contributed by atoms with Gasteiger partial charge in [0.2, 0.25) is 0 Å². The Bertz CT molecular complexity index is 791. The van der Waals surface area contributed by atoms with E-state index in [2.05, 4.69) is 10.2 Å². The van der Waals surface area contributed by atoms with Crippen LogP contribution in [0.25, 0.3) is 0 Å². The Balaban J connectivity index is 1.53. The zero-order valence-electron chi connectivity index (χ0n) is 14.1. The molecule has 5 nitrogen and oxygen atoms in total. The molecule has 1 aliphatic heterocycles. The minimum Gasteiger partial charge on any atom is -0.332 e. The predicted octanol–water partition coefficient (Wildman–Crippen LogP) is 2.25. The molecule has 136 valence electrons. The SMILES string of the molecule is O=C(Nc1cc(F)ccc1F)C(=O)N1CCN(Cc2ccccc2)CC1. The Labute approximate surface area is 150 Å². The smallest absolute Gasteiger partial charge is 0.313 e. The van der Waals surface area contributed by atoms with Gasteiger partial charge in [-0.15, -0.1) is 0 Å². The van der Waals surface area contributed by atoms with Gasteiger partial charge in [-0.25, -0.2) is 8.78 Å². The molecule has 1 N–H and O–H groups in total. The number of carbonyl (C=O) groups is 2. The lowest BCUT2D eigenvalue weighted by Gasteiger charge is -2.34. The van der Waals surface area contributed by atoms with Crippen LogP contribution >= 0.6 is 0 Å². The van der Waals surface area contributed by atoms with Crippen molar-refractivity contribution in [2.75, 3.05) is 31.5 Å². The van der Waals surface area contributed by atoms with Crippen LogP contribution in [0.15, 0.2) is 48.5 Å². The maximum absolute atomic E-state index is 13.6. The van der Waals surface area contributed by atoms with Crippen molar-refractivity contribution in [3.05, 3.63) is 65.7 Å². The van der Waals surface area contributed by atoms with Crippen LogP contribution in [0, 0.1) is 11.6 Å². The molecule has 1 aliphatic rings. The van der Waals surface area contributed by atoms with Crippen LogP contribution in [0.3, 0.4) is 0 Å². The molecule has 1 fully saturated rings. The van der Waals surface area contributed by atoms with E-state index < -0.39 is 23.4 Å². The number of piperazine rings is 1. The number of benzene rings is 2. The maximum atomic E-state index is 13.6. The van der Waals surface area contributed by atoms with Gasteiger partial charge in [-0.1, -0.05) is 30.3 Å². The Morgan fingerprint density at radius 1 is 0.962 bits per heavy atom. The molecule has 0 saturated carbocycles. The molecule has 0 unspecified atom stereocenters.